The van der Waals surface area contributed by atoms with Crippen LogP contribution in [0.15, 0.2) is 36.4 Å². The fourth-order valence-electron chi connectivity index (χ4n) is 3.63. The van der Waals surface area contributed by atoms with Crippen LogP contribution in [0.2, 0.25) is 0 Å². The van der Waals surface area contributed by atoms with Crippen LogP contribution in [0, 0.1) is 10.1 Å². The summed E-state index contributed by atoms with van der Waals surface area (Å²) in [5.41, 5.74) is 0.417. The molecule has 0 aromatic heterocycles. The van der Waals surface area contributed by atoms with Gasteiger partial charge >= 0.3 is 6.09 Å². The van der Waals surface area contributed by atoms with Gasteiger partial charge in [0.25, 0.3) is 5.69 Å². The molecule has 1 aliphatic rings. The Morgan fingerprint density at radius 3 is 2.56 bits per heavy atom. The average Bonchev–Trinajstić information content (AvgIpc) is 2.59. The highest BCUT2D eigenvalue weighted by molar-refractivity contribution is 5.92. The number of rotatable bonds is 3. The lowest BCUT2D eigenvalue weighted by Crippen LogP contribution is -2.47. The maximum absolute atomic E-state index is 12.5. The first-order chi connectivity index (χ1) is 12.0. The van der Waals surface area contributed by atoms with Crippen molar-refractivity contribution < 1.29 is 14.5 Å². The van der Waals surface area contributed by atoms with E-state index in [1.165, 1.54) is 0 Å². The van der Waals surface area contributed by atoms with Crippen LogP contribution >= 0.6 is 0 Å². The summed E-state index contributed by atoms with van der Waals surface area (Å²) in [5, 5.41) is 12.9. The highest BCUT2D eigenvalue weighted by atomic mass is 16.6. The molecule has 1 heterocycles. The van der Waals surface area contributed by atoms with Crippen molar-refractivity contribution in [2.75, 3.05) is 0 Å². The Morgan fingerprint density at radius 1 is 1.20 bits per heavy atom. The second-order valence-electron chi connectivity index (χ2n) is 6.64. The van der Waals surface area contributed by atoms with Gasteiger partial charge in [-0.05, 0) is 50.6 Å². The zero-order chi connectivity index (χ0) is 18.0. The Hall–Kier alpha value is -2.63. The summed E-state index contributed by atoms with van der Waals surface area (Å²) >= 11 is 0. The number of amides is 1. The van der Waals surface area contributed by atoms with E-state index < -0.39 is 11.0 Å². The van der Waals surface area contributed by atoms with Gasteiger partial charge in [-0.15, -0.1) is 0 Å². The van der Waals surface area contributed by atoms with Gasteiger partial charge in [-0.25, -0.2) is 4.79 Å². The number of nitrogens with zero attached hydrogens (tertiary/aromatic N) is 2. The molecule has 2 atom stereocenters. The molecule has 0 bridgehead atoms. The third-order valence-corrected chi connectivity index (χ3v) is 4.92. The van der Waals surface area contributed by atoms with Crippen LogP contribution < -0.4 is 0 Å². The van der Waals surface area contributed by atoms with Gasteiger partial charge in [0.15, 0.2) is 0 Å². The minimum Gasteiger partial charge on any atom is -0.444 e. The van der Waals surface area contributed by atoms with Crippen molar-refractivity contribution >= 4 is 22.6 Å². The molecule has 0 aliphatic carbocycles. The van der Waals surface area contributed by atoms with E-state index in [4.69, 9.17) is 4.74 Å². The second kappa shape index (κ2) is 7.09. The zero-order valence-electron chi connectivity index (χ0n) is 14.5. The monoisotopic (exact) mass is 342 g/mol. The van der Waals surface area contributed by atoms with Crippen molar-refractivity contribution in [2.45, 2.75) is 51.8 Å². The third-order valence-electron chi connectivity index (χ3n) is 4.92. The van der Waals surface area contributed by atoms with E-state index in [0.717, 1.165) is 24.6 Å². The van der Waals surface area contributed by atoms with Crippen molar-refractivity contribution in [3.05, 3.63) is 52.1 Å². The van der Waals surface area contributed by atoms with Crippen molar-refractivity contribution in [1.82, 2.24) is 4.90 Å². The van der Waals surface area contributed by atoms with Crippen LogP contribution in [0.1, 0.15) is 38.7 Å². The van der Waals surface area contributed by atoms with E-state index in [0.29, 0.717) is 10.9 Å². The highest BCUT2D eigenvalue weighted by Gasteiger charge is 2.30. The summed E-state index contributed by atoms with van der Waals surface area (Å²) in [6.45, 7) is 3.92. The molecule has 2 aromatic rings. The maximum atomic E-state index is 12.5. The number of benzene rings is 2. The first-order valence-electron chi connectivity index (χ1n) is 8.59. The number of piperidine rings is 1. The van der Waals surface area contributed by atoms with Gasteiger partial charge in [0.1, 0.15) is 6.61 Å². The van der Waals surface area contributed by atoms with Crippen LogP contribution in [0.25, 0.3) is 10.8 Å². The van der Waals surface area contributed by atoms with Crippen LogP contribution in [-0.2, 0) is 11.3 Å². The second-order valence-corrected chi connectivity index (χ2v) is 6.64. The smallest absolute Gasteiger partial charge is 0.410 e. The fraction of sp³-hybridized carbons (Fsp3) is 0.421. The minimum absolute atomic E-state index is 0.00522. The summed E-state index contributed by atoms with van der Waals surface area (Å²) in [5.74, 6) is 0. The molecule has 1 amide bonds. The van der Waals surface area contributed by atoms with E-state index >= 15 is 0 Å². The van der Waals surface area contributed by atoms with Gasteiger partial charge < -0.3 is 9.64 Å². The number of carbonyl (C=O) groups is 1. The number of ether oxygens (including phenoxy) is 1. The number of hydrogen-bond acceptors (Lipinski definition) is 4. The Labute approximate surface area is 146 Å². The molecular formula is C19H22N2O4. The van der Waals surface area contributed by atoms with Crippen LogP contribution in [0.5, 0.6) is 0 Å². The molecule has 2 aromatic carbocycles. The van der Waals surface area contributed by atoms with Gasteiger partial charge in [0, 0.05) is 12.1 Å². The van der Waals surface area contributed by atoms with Gasteiger partial charge in [-0.3, -0.25) is 10.1 Å². The van der Waals surface area contributed by atoms with Crippen molar-refractivity contribution in [3.8, 4) is 0 Å². The lowest BCUT2D eigenvalue weighted by Gasteiger charge is -2.37. The SMILES string of the molecule is CC1CCCC(C)N1C(=O)OCc1ccc2ccccc2c1[N+](=O)[O-]. The van der Waals surface area contributed by atoms with E-state index in [1.807, 2.05) is 32.0 Å². The number of nitro groups is 1. The van der Waals surface area contributed by atoms with Gasteiger partial charge in [0.05, 0.1) is 15.9 Å². The van der Waals surface area contributed by atoms with Crippen LogP contribution in [0.3, 0.4) is 0 Å². The molecule has 25 heavy (non-hydrogen) atoms. The molecule has 3 rings (SSSR count). The Balaban J connectivity index is 1.82. The molecular weight excluding hydrogens is 320 g/mol. The van der Waals surface area contributed by atoms with E-state index in [-0.39, 0.29) is 24.4 Å². The molecule has 0 N–H and O–H groups in total. The Bertz CT molecular complexity index is 795. The summed E-state index contributed by atoms with van der Waals surface area (Å²) in [6, 6.07) is 10.9. The molecule has 132 valence electrons. The molecule has 6 heteroatoms. The summed E-state index contributed by atoms with van der Waals surface area (Å²) in [4.78, 5) is 25.4. The molecule has 1 saturated heterocycles. The average molecular weight is 342 g/mol. The Morgan fingerprint density at radius 2 is 1.88 bits per heavy atom. The van der Waals surface area contributed by atoms with Crippen molar-refractivity contribution in [3.63, 3.8) is 0 Å². The largest absolute Gasteiger partial charge is 0.444 e. The van der Waals surface area contributed by atoms with E-state index in [2.05, 4.69) is 0 Å². The van der Waals surface area contributed by atoms with Crippen LogP contribution in [-0.4, -0.2) is 28.0 Å². The minimum atomic E-state index is -0.405. The molecule has 6 nitrogen and oxygen atoms in total. The van der Waals surface area contributed by atoms with Gasteiger partial charge in [-0.1, -0.05) is 24.3 Å². The molecule has 1 fully saturated rings. The first-order valence-corrected chi connectivity index (χ1v) is 8.59. The number of hydrogen-bond donors (Lipinski definition) is 0. The zero-order valence-corrected chi connectivity index (χ0v) is 14.5. The summed E-state index contributed by atoms with van der Waals surface area (Å²) in [6.07, 6.45) is 2.61. The number of carbonyl (C=O) groups excluding carboxylic acids is 1. The van der Waals surface area contributed by atoms with Crippen molar-refractivity contribution in [1.29, 1.82) is 0 Å². The topological polar surface area (TPSA) is 72.7 Å². The quantitative estimate of drug-likeness (QED) is 0.601. The van der Waals surface area contributed by atoms with Crippen molar-refractivity contribution in [2.24, 2.45) is 0 Å². The summed E-state index contributed by atoms with van der Waals surface area (Å²) in [7, 11) is 0. The lowest BCUT2D eigenvalue weighted by atomic mass is 9.98. The maximum Gasteiger partial charge on any atom is 0.410 e. The highest BCUT2D eigenvalue weighted by Crippen LogP contribution is 2.30. The van der Waals surface area contributed by atoms with E-state index in [9.17, 15) is 14.9 Å². The first kappa shape index (κ1) is 17.2. The summed E-state index contributed by atoms with van der Waals surface area (Å²) < 4.78 is 5.43. The Kier molecular flexibility index (Phi) is 4.88. The number of nitro benzene ring substituents is 1. The molecule has 2 unspecified atom stereocenters. The predicted molar refractivity (Wildman–Crippen MR) is 95.4 cm³/mol. The van der Waals surface area contributed by atoms with Crippen LogP contribution in [0.4, 0.5) is 10.5 Å². The van der Waals surface area contributed by atoms with Gasteiger partial charge in [-0.2, -0.15) is 0 Å². The molecule has 0 spiro atoms. The number of likely N-dealkylation sites (tertiary alicyclic amines) is 1. The number of fused-ring (bicyclic) bond motifs is 1. The van der Waals surface area contributed by atoms with E-state index in [1.54, 1.807) is 23.1 Å². The third kappa shape index (κ3) is 3.43. The fourth-order valence-corrected chi connectivity index (χ4v) is 3.63. The molecule has 1 aliphatic heterocycles. The molecule has 0 radical (unpaired) electrons. The van der Waals surface area contributed by atoms with Gasteiger partial charge in [0.2, 0.25) is 0 Å². The lowest BCUT2D eigenvalue weighted by molar-refractivity contribution is -0.384. The standard InChI is InChI=1S/C19H22N2O4/c1-13-6-5-7-14(2)20(13)19(22)25-12-16-11-10-15-8-3-4-9-17(15)18(16)21(23)24/h3-4,8-11,13-14H,5-7,12H2,1-2H3. The predicted octanol–water partition coefficient (Wildman–Crippen LogP) is 4.65. The normalized spacial score (nSPS) is 20.5. The molecule has 0 saturated carbocycles.